The molecule has 0 spiro atoms. The van der Waals surface area contributed by atoms with Crippen LogP contribution in [0.15, 0.2) is 0 Å². The van der Waals surface area contributed by atoms with Gasteiger partial charge in [-0.15, -0.1) is 0 Å². The molecule has 73 heavy (non-hydrogen) atoms. The van der Waals surface area contributed by atoms with Crippen molar-refractivity contribution in [2.75, 3.05) is 13.2 Å². The van der Waals surface area contributed by atoms with Gasteiger partial charge >= 0.3 is 17.9 Å². The number of carbonyl (C=O) groups is 3. The summed E-state index contributed by atoms with van der Waals surface area (Å²) in [5.41, 5.74) is 0. The number of carbonyl (C=O) groups excluding carboxylic acids is 3. The molecule has 0 aromatic rings. The van der Waals surface area contributed by atoms with E-state index in [-0.39, 0.29) is 31.1 Å². The van der Waals surface area contributed by atoms with E-state index in [9.17, 15) is 14.4 Å². The third-order valence-corrected chi connectivity index (χ3v) is 15.8. The van der Waals surface area contributed by atoms with E-state index in [1.54, 1.807) is 0 Å². The lowest BCUT2D eigenvalue weighted by Gasteiger charge is -2.18. The van der Waals surface area contributed by atoms with E-state index in [0.717, 1.165) is 69.6 Å². The second-order valence-electron chi connectivity index (χ2n) is 23.8. The van der Waals surface area contributed by atoms with E-state index in [4.69, 9.17) is 14.2 Å². The molecular weight excluding hydrogens is 901 g/mol. The number of esters is 3. The fourth-order valence-corrected chi connectivity index (χ4v) is 10.4. The highest BCUT2D eigenvalue weighted by molar-refractivity contribution is 5.71. The van der Waals surface area contributed by atoms with Gasteiger partial charge < -0.3 is 14.2 Å². The molecular formula is C67H130O6. The average Bonchev–Trinajstić information content (AvgIpc) is 3.38. The van der Waals surface area contributed by atoms with Crippen LogP contribution < -0.4 is 0 Å². The molecule has 0 rings (SSSR count). The van der Waals surface area contributed by atoms with Gasteiger partial charge in [-0.05, 0) is 31.1 Å². The van der Waals surface area contributed by atoms with Gasteiger partial charge in [0.25, 0.3) is 0 Å². The first-order valence-corrected chi connectivity index (χ1v) is 33.3. The van der Waals surface area contributed by atoms with Crippen molar-refractivity contribution in [3.63, 3.8) is 0 Å². The Morgan fingerprint density at radius 3 is 0.781 bits per heavy atom. The van der Waals surface area contributed by atoms with Crippen molar-refractivity contribution < 1.29 is 28.6 Å². The minimum absolute atomic E-state index is 0.0615. The lowest BCUT2D eigenvalue weighted by molar-refractivity contribution is -0.167. The molecule has 6 nitrogen and oxygen atoms in total. The van der Waals surface area contributed by atoms with Crippen LogP contribution in [0.3, 0.4) is 0 Å². The topological polar surface area (TPSA) is 78.9 Å². The highest BCUT2D eigenvalue weighted by Gasteiger charge is 2.19. The van der Waals surface area contributed by atoms with Gasteiger partial charge in [-0.25, -0.2) is 0 Å². The molecule has 434 valence electrons. The van der Waals surface area contributed by atoms with Crippen LogP contribution in [0.25, 0.3) is 0 Å². The molecule has 0 saturated carbocycles. The van der Waals surface area contributed by atoms with Crippen molar-refractivity contribution in [2.45, 2.75) is 387 Å². The Morgan fingerprint density at radius 2 is 0.521 bits per heavy atom. The summed E-state index contributed by atoms with van der Waals surface area (Å²) in [4.78, 5) is 38.4. The van der Waals surface area contributed by atoms with Gasteiger partial charge in [0.15, 0.2) is 6.10 Å². The molecule has 0 aliphatic rings. The lowest BCUT2D eigenvalue weighted by atomic mass is 9.99. The summed E-state index contributed by atoms with van der Waals surface area (Å²) in [6, 6.07) is 0. The minimum Gasteiger partial charge on any atom is -0.462 e. The van der Waals surface area contributed by atoms with E-state index >= 15 is 0 Å². The molecule has 0 aliphatic carbocycles. The largest absolute Gasteiger partial charge is 0.462 e. The first kappa shape index (κ1) is 71.4. The van der Waals surface area contributed by atoms with Crippen LogP contribution in [-0.4, -0.2) is 37.2 Å². The Bertz CT molecular complexity index is 1120. The molecule has 0 radical (unpaired) electrons. The maximum absolute atomic E-state index is 12.9. The van der Waals surface area contributed by atoms with Crippen molar-refractivity contribution in [1.29, 1.82) is 0 Å². The summed E-state index contributed by atoms with van der Waals surface area (Å²) in [5.74, 6) is 0.931. The van der Waals surface area contributed by atoms with Crippen LogP contribution in [0.2, 0.25) is 0 Å². The average molecular weight is 1030 g/mol. The molecule has 0 fully saturated rings. The fraction of sp³-hybridized carbons (Fsp3) is 0.955. The predicted molar refractivity (Wildman–Crippen MR) is 316 cm³/mol. The molecule has 2 atom stereocenters. The maximum atomic E-state index is 12.9. The summed E-state index contributed by atoms with van der Waals surface area (Å²) in [6.45, 7) is 11.5. The zero-order chi connectivity index (χ0) is 53.2. The van der Waals surface area contributed by atoms with Crippen LogP contribution in [0.4, 0.5) is 0 Å². The van der Waals surface area contributed by atoms with E-state index < -0.39 is 6.10 Å². The SMILES string of the molecule is CCCCCCCCCCCCCCCCCC(=O)O[C@@H](COC(=O)CCCCCCCCCCCCCCCCCCCCC(C)CC)COC(=O)CCCCCCCCCCCCCCCCCC(C)C. The summed E-state index contributed by atoms with van der Waals surface area (Å²) in [7, 11) is 0. The van der Waals surface area contributed by atoms with Gasteiger partial charge in [0, 0.05) is 19.3 Å². The fourth-order valence-electron chi connectivity index (χ4n) is 10.4. The molecule has 0 aromatic heterocycles. The molecule has 0 amide bonds. The third kappa shape index (κ3) is 59.5. The van der Waals surface area contributed by atoms with E-state index in [1.807, 2.05) is 0 Å². The van der Waals surface area contributed by atoms with E-state index in [0.29, 0.717) is 19.3 Å². The monoisotopic (exact) mass is 1030 g/mol. The Balaban J connectivity index is 4.25. The number of hydrogen-bond donors (Lipinski definition) is 0. The van der Waals surface area contributed by atoms with Crippen LogP contribution in [0.5, 0.6) is 0 Å². The number of ether oxygens (including phenoxy) is 3. The number of rotatable bonds is 61. The molecule has 0 N–H and O–H groups in total. The second kappa shape index (κ2) is 59.7. The van der Waals surface area contributed by atoms with E-state index in [2.05, 4.69) is 34.6 Å². The van der Waals surface area contributed by atoms with Gasteiger partial charge in [0.05, 0.1) is 0 Å². The Labute approximate surface area is 457 Å². The number of hydrogen-bond acceptors (Lipinski definition) is 6. The van der Waals surface area contributed by atoms with Crippen molar-refractivity contribution in [3.8, 4) is 0 Å². The van der Waals surface area contributed by atoms with Crippen molar-refractivity contribution in [2.24, 2.45) is 11.8 Å². The number of unbranched alkanes of at least 4 members (excludes halogenated alkanes) is 45. The molecule has 0 saturated heterocycles. The molecule has 6 heteroatoms. The summed E-state index contributed by atoms with van der Waals surface area (Å²) >= 11 is 0. The van der Waals surface area contributed by atoms with Crippen LogP contribution >= 0.6 is 0 Å². The maximum Gasteiger partial charge on any atom is 0.306 e. The Hall–Kier alpha value is -1.59. The predicted octanol–water partition coefficient (Wildman–Crippen LogP) is 22.4. The molecule has 0 aliphatic heterocycles. The van der Waals surface area contributed by atoms with Crippen LogP contribution in [0.1, 0.15) is 381 Å². The van der Waals surface area contributed by atoms with Gasteiger partial charge in [-0.2, -0.15) is 0 Å². The van der Waals surface area contributed by atoms with Gasteiger partial charge in [-0.3, -0.25) is 14.4 Å². The first-order chi connectivity index (χ1) is 35.8. The Morgan fingerprint density at radius 1 is 0.288 bits per heavy atom. The smallest absolute Gasteiger partial charge is 0.306 e. The molecule has 0 heterocycles. The third-order valence-electron chi connectivity index (χ3n) is 15.8. The zero-order valence-corrected chi connectivity index (χ0v) is 50.3. The quantitative estimate of drug-likeness (QED) is 0.0343. The summed E-state index contributed by atoms with van der Waals surface area (Å²) in [6.07, 6.45) is 66.7. The summed E-state index contributed by atoms with van der Waals surface area (Å²) < 4.78 is 17.0. The first-order valence-electron chi connectivity index (χ1n) is 33.3. The molecule has 0 bridgehead atoms. The standard InChI is InChI=1S/C67H130O6/c1-6-8-9-10-11-12-13-14-20-29-34-39-44-49-54-59-67(70)73-64(61-72-66(69)58-53-48-43-38-33-28-24-19-21-25-30-35-40-45-50-55-62(3)4)60-71-65(68)57-52-47-42-37-32-27-23-18-16-15-17-22-26-31-36-41-46-51-56-63(5)7-2/h62-64H,6-61H2,1-5H3/t63?,64-/m0/s1. The normalized spacial score (nSPS) is 12.4. The highest BCUT2D eigenvalue weighted by Crippen LogP contribution is 2.20. The zero-order valence-electron chi connectivity index (χ0n) is 50.3. The van der Waals surface area contributed by atoms with Crippen molar-refractivity contribution in [3.05, 3.63) is 0 Å². The van der Waals surface area contributed by atoms with Crippen LogP contribution in [0, 0.1) is 11.8 Å². The highest BCUT2D eigenvalue weighted by atomic mass is 16.6. The lowest BCUT2D eigenvalue weighted by Crippen LogP contribution is -2.30. The minimum atomic E-state index is -0.764. The van der Waals surface area contributed by atoms with Gasteiger partial charge in [0.2, 0.25) is 0 Å². The van der Waals surface area contributed by atoms with E-state index in [1.165, 1.54) is 270 Å². The van der Waals surface area contributed by atoms with Crippen molar-refractivity contribution >= 4 is 17.9 Å². The summed E-state index contributed by atoms with van der Waals surface area (Å²) in [5, 5.41) is 0. The van der Waals surface area contributed by atoms with Gasteiger partial charge in [-0.1, -0.05) is 343 Å². The Kier molecular flexibility index (Phi) is 58.4. The molecule has 1 unspecified atom stereocenters. The van der Waals surface area contributed by atoms with Gasteiger partial charge in [0.1, 0.15) is 13.2 Å². The molecule has 0 aromatic carbocycles. The van der Waals surface area contributed by atoms with Crippen LogP contribution in [-0.2, 0) is 28.6 Å². The second-order valence-corrected chi connectivity index (χ2v) is 23.8. The van der Waals surface area contributed by atoms with Crippen molar-refractivity contribution in [1.82, 2.24) is 0 Å².